The lowest BCUT2D eigenvalue weighted by atomic mass is 10.0. The lowest BCUT2D eigenvalue weighted by Crippen LogP contribution is -2.42. The molecule has 0 aromatic heterocycles. The topological polar surface area (TPSA) is 29.3 Å². The fourth-order valence-electron chi connectivity index (χ4n) is 2.52. The summed E-state index contributed by atoms with van der Waals surface area (Å²) < 4.78 is 14.0. The number of likely N-dealkylation sites (N-methyl/N-ethyl adjacent to an activating group) is 1. The van der Waals surface area contributed by atoms with Crippen LogP contribution in [0.4, 0.5) is 10.1 Å². The number of para-hydroxylation sites is 1. The molecule has 0 spiro atoms. The number of hydrogen-bond acceptors (Lipinski definition) is 2. The van der Waals surface area contributed by atoms with Crippen molar-refractivity contribution in [3.63, 3.8) is 0 Å². The van der Waals surface area contributed by atoms with Gasteiger partial charge in [-0.2, -0.15) is 0 Å². The molecule has 106 valence electrons. The van der Waals surface area contributed by atoms with E-state index in [2.05, 4.69) is 12.1 Å². The van der Waals surface area contributed by atoms with Crippen LogP contribution in [0.3, 0.4) is 0 Å². The molecule has 2 aromatic rings. The molecule has 1 atom stereocenters. The average molecular weight is 272 g/mol. The van der Waals surface area contributed by atoms with Gasteiger partial charge in [-0.05, 0) is 31.0 Å². The molecule has 0 amide bonds. The van der Waals surface area contributed by atoms with E-state index in [9.17, 15) is 4.39 Å². The number of hydrogen-bond donors (Lipinski definition) is 1. The molecule has 0 saturated carbocycles. The minimum absolute atomic E-state index is 0.0966. The predicted octanol–water partition coefficient (Wildman–Crippen LogP) is 3.22. The fourth-order valence-corrected chi connectivity index (χ4v) is 2.52. The maximum atomic E-state index is 14.0. The van der Waals surface area contributed by atoms with Crippen molar-refractivity contribution < 1.29 is 4.39 Å². The second-order valence-electron chi connectivity index (χ2n) is 4.82. The van der Waals surface area contributed by atoms with E-state index in [0.717, 1.165) is 13.0 Å². The summed E-state index contributed by atoms with van der Waals surface area (Å²) in [5.74, 6) is -0.194. The smallest absolute Gasteiger partial charge is 0.146 e. The van der Waals surface area contributed by atoms with Gasteiger partial charge in [0.1, 0.15) is 5.82 Å². The molecule has 2 nitrogen and oxygen atoms in total. The van der Waals surface area contributed by atoms with E-state index >= 15 is 0 Å². The molecule has 0 radical (unpaired) electrons. The molecule has 2 aromatic carbocycles. The van der Waals surface area contributed by atoms with Crippen molar-refractivity contribution in [3.8, 4) is 0 Å². The van der Waals surface area contributed by atoms with Gasteiger partial charge in [0, 0.05) is 19.1 Å². The third kappa shape index (κ3) is 3.36. The summed E-state index contributed by atoms with van der Waals surface area (Å²) in [6.07, 6.45) is 0.819. The normalized spacial score (nSPS) is 12.2. The Labute approximate surface area is 120 Å². The van der Waals surface area contributed by atoms with Crippen molar-refractivity contribution in [1.82, 2.24) is 0 Å². The maximum absolute atomic E-state index is 14.0. The molecule has 2 rings (SSSR count). The van der Waals surface area contributed by atoms with E-state index in [1.54, 1.807) is 6.07 Å². The molecule has 0 heterocycles. The van der Waals surface area contributed by atoms with Crippen molar-refractivity contribution in [3.05, 3.63) is 66.0 Å². The highest BCUT2D eigenvalue weighted by molar-refractivity contribution is 5.49. The van der Waals surface area contributed by atoms with Gasteiger partial charge in [-0.15, -0.1) is 0 Å². The first kappa shape index (κ1) is 14.5. The highest BCUT2D eigenvalue weighted by Crippen LogP contribution is 2.22. The minimum Gasteiger partial charge on any atom is -0.365 e. The van der Waals surface area contributed by atoms with Gasteiger partial charge in [-0.1, -0.05) is 42.5 Å². The van der Waals surface area contributed by atoms with Crippen LogP contribution in [0.15, 0.2) is 54.6 Å². The van der Waals surface area contributed by atoms with Crippen LogP contribution in [-0.4, -0.2) is 19.1 Å². The highest BCUT2D eigenvalue weighted by atomic mass is 19.1. The van der Waals surface area contributed by atoms with Crippen molar-refractivity contribution in [1.29, 1.82) is 0 Å². The van der Waals surface area contributed by atoms with Gasteiger partial charge < -0.3 is 10.6 Å². The molecule has 1 unspecified atom stereocenters. The zero-order valence-electron chi connectivity index (χ0n) is 11.8. The van der Waals surface area contributed by atoms with E-state index in [4.69, 9.17) is 5.73 Å². The predicted molar refractivity (Wildman–Crippen MR) is 82.4 cm³/mol. The van der Waals surface area contributed by atoms with Crippen molar-refractivity contribution >= 4 is 5.69 Å². The molecule has 3 heteroatoms. The van der Waals surface area contributed by atoms with Gasteiger partial charge in [0.2, 0.25) is 0 Å². The first-order chi connectivity index (χ1) is 9.76. The van der Waals surface area contributed by atoms with E-state index in [1.807, 2.05) is 42.2 Å². The quantitative estimate of drug-likeness (QED) is 0.875. The van der Waals surface area contributed by atoms with Crippen LogP contribution in [0.2, 0.25) is 0 Å². The van der Waals surface area contributed by atoms with Gasteiger partial charge in [-0.25, -0.2) is 4.39 Å². The average Bonchev–Trinajstić information content (AvgIpc) is 2.49. The lowest BCUT2D eigenvalue weighted by Gasteiger charge is -2.32. The Bertz CT molecular complexity index is 528. The Morgan fingerprint density at radius 1 is 1.05 bits per heavy atom. The van der Waals surface area contributed by atoms with Crippen LogP contribution >= 0.6 is 0 Å². The molecule has 0 fully saturated rings. The molecule has 20 heavy (non-hydrogen) atoms. The maximum Gasteiger partial charge on any atom is 0.146 e. The van der Waals surface area contributed by atoms with Gasteiger partial charge in [0.15, 0.2) is 0 Å². The standard InChI is InChI=1S/C17H21FN2/c1-2-20(17-11-7-6-10-16(17)18)15(13-19)12-14-8-4-3-5-9-14/h3-11,15H,2,12-13,19H2,1H3. The summed E-state index contributed by atoms with van der Waals surface area (Å²) in [5.41, 5.74) is 7.77. The molecular weight excluding hydrogens is 251 g/mol. The van der Waals surface area contributed by atoms with Crippen LogP contribution in [0.25, 0.3) is 0 Å². The first-order valence-electron chi connectivity index (χ1n) is 7.01. The van der Waals surface area contributed by atoms with E-state index in [0.29, 0.717) is 12.2 Å². The first-order valence-corrected chi connectivity index (χ1v) is 7.01. The number of benzene rings is 2. The van der Waals surface area contributed by atoms with Crippen LogP contribution in [0.1, 0.15) is 12.5 Å². The van der Waals surface area contributed by atoms with E-state index in [-0.39, 0.29) is 11.9 Å². The number of nitrogens with two attached hydrogens (primary N) is 1. The van der Waals surface area contributed by atoms with Crippen molar-refractivity contribution in [2.75, 3.05) is 18.0 Å². The van der Waals surface area contributed by atoms with Crippen LogP contribution in [-0.2, 0) is 6.42 Å². The van der Waals surface area contributed by atoms with Gasteiger partial charge in [0.05, 0.1) is 5.69 Å². The number of anilines is 1. The van der Waals surface area contributed by atoms with Crippen LogP contribution in [0, 0.1) is 5.82 Å². The molecule has 2 N–H and O–H groups in total. The zero-order valence-corrected chi connectivity index (χ0v) is 11.8. The molecule has 0 bridgehead atoms. The Morgan fingerprint density at radius 3 is 2.30 bits per heavy atom. The monoisotopic (exact) mass is 272 g/mol. The van der Waals surface area contributed by atoms with Crippen molar-refractivity contribution in [2.24, 2.45) is 5.73 Å². The summed E-state index contributed by atoms with van der Waals surface area (Å²) in [6.45, 7) is 3.26. The largest absolute Gasteiger partial charge is 0.365 e. The number of halogens is 1. The molecular formula is C17H21FN2. The summed E-state index contributed by atoms with van der Waals surface area (Å²) >= 11 is 0. The number of rotatable bonds is 6. The molecule has 0 aliphatic heterocycles. The third-order valence-electron chi connectivity index (χ3n) is 3.53. The highest BCUT2D eigenvalue weighted by Gasteiger charge is 2.19. The van der Waals surface area contributed by atoms with E-state index < -0.39 is 0 Å². The Morgan fingerprint density at radius 2 is 1.70 bits per heavy atom. The third-order valence-corrected chi connectivity index (χ3v) is 3.53. The van der Waals surface area contributed by atoms with Crippen LogP contribution in [0.5, 0.6) is 0 Å². The van der Waals surface area contributed by atoms with Gasteiger partial charge >= 0.3 is 0 Å². The zero-order chi connectivity index (χ0) is 14.4. The second kappa shape index (κ2) is 7.06. The van der Waals surface area contributed by atoms with Crippen molar-refractivity contribution in [2.45, 2.75) is 19.4 Å². The summed E-state index contributed by atoms with van der Waals surface area (Å²) in [4.78, 5) is 2.04. The fraction of sp³-hybridized carbons (Fsp3) is 0.294. The molecule has 0 aliphatic rings. The SMILES string of the molecule is CCN(c1ccccc1F)C(CN)Cc1ccccc1. The van der Waals surface area contributed by atoms with Crippen LogP contribution < -0.4 is 10.6 Å². The Kier molecular flexibility index (Phi) is 5.13. The second-order valence-corrected chi connectivity index (χ2v) is 4.82. The summed E-state index contributed by atoms with van der Waals surface area (Å²) in [6, 6.07) is 17.2. The van der Waals surface area contributed by atoms with E-state index in [1.165, 1.54) is 11.6 Å². The number of nitrogens with zero attached hydrogens (tertiary/aromatic N) is 1. The van der Waals surface area contributed by atoms with Gasteiger partial charge in [-0.3, -0.25) is 0 Å². The van der Waals surface area contributed by atoms with Gasteiger partial charge in [0.25, 0.3) is 0 Å². The Hall–Kier alpha value is -1.87. The Balaban J connectivity index is 2.22. The lowest BCUT2D eigenvalue weighted by molar-refractivity contribution is 0.571. The molecule has 0 saturated heterocycles. The summed E-state index contributed by atoms with van der Waals surface area (Å²) in [7, 11) is 0. The minimum atomic E-state index is -0.194. The summed E-state index contributed by atoms with van der Waals surface area (Å²) in [5, 5.41) is 0. The molecule has 0 aliphatic carbocycles.